The Bertz CT molecular complexity index is 1130. The monoisotopic (exact) mass is 474 g/mol. The maximum atomic E-state index is 12.8. The Labute approximate surface area is 193 Å². The maximum absolute atomic E-state index is 12.8. The Hall–Kier alpha value is -3.21. The van der Waals surface area contributed by atoms with Gasteiger partial charge in [-0.3, -0.25) is 4.79 Å². The summed E-state index contributed by atoms with van der Waals surface area (Å²) in [6, 6.07) is 13.1. The maximum Gasteiger partial charge on any atom is 0.331 e. The quantitative estimate of drug-likeness (QED) is 0.462. The molecular weight excluding hydrogens is 448 g/mol. The first-order valence-corrected chi connectivity index (χ1v) is 11.8. The minimum atomic E-state index is -3.70. The van der Waals surface area contributed by atoms with Crippen molar-refractivity contribution in [3.05, 3.63) is 60.2 Å². The number of sulfonamides is 1. The summed E-state index contributed by atoms with van der Waals surface area (Å²) in [4.78, 5) is 24.7. The molecular formula is C23H26N2O7S. The van der Waals surface area contributed by atoms with Crippen LogP contribution in [0.2, 0.25) is 0 Å². The molecule has 1 saturated heterocycles. The van der Waals surface area contributed by atoms with Crippen molar-refractivity contribution in [2.45, 2.75) is 17.9 Å². The summed E-state index contributed by atoms with van der Waals surface area (Å²) in [6.45, 7) is 2.65. The summed E-state index contributed by atoms with van der Waals surface area (Å²) in [5, 5.41) is 2.59. The number of carbonyl (C=O) groups excluding carboxylic acids is 2. The van der Waals surface area contributed by atoms with Crippen molar-refractivity contribution in [3.8, 4) is 5.75 Å². The topological polar surface area (TPSA) is 111 Å². The van der Waals surface area contributed by atoms with Crippen molar-refractivity contribution in [1.29, 1.82) is 0 Å². The number of esters is 1. The molecule has 1 N–H and O–H groups in total. The third-order valence-electron chi connectivity index (χ3n) is 4.91. The second-order valence-electron chi connectivity index (χ2n) is 7.19. The highest BCUT2D eigenvalue weighted by atomic mass is 32.2. The van der Waals surface area contributed by atoms with E-state index in [1.54, 1.807) is 24.3 Å². The van der Waals surface area contributed by atoms with E-state index in [0.717, 1.165) is 0 Å². The number of nitrogens with zero attached hydrogens (tertiary/aromatic N) is 1. The molecule has 1 aliphatic rings. The Morgan fingerprint density at radius 2 is 1.85 bits per heavy atom. The number of morpholine rings is 1. The zero-order valence-corrected chi connectivity index (χ0v) is 19.2. The van der Waals surface area contributed by atoms with E-state index in [-0.39, 0.29) is 23.7 Å². The van der Waals surface area contributed by atoms with E-state index in [2.05, 4.69) is 5.32 Å². The Balaban J connectivity index is 1.61. The number of amides is 1. The number of carbonyl (C=O) groups is 2. The van der Waals surface area contributed by atoms with Crippen LogP contribution in [0.25, 0.3) is 6.08 Å². The van der Waals surface area contributed by atoms with Crippen molar-refractivity contribution in [1.82, 2.24) is 4.31 Å². The summed E-state index contributed by atoms with van der Waals surface area (Å²) in [5.74, 6) is -0.693. The molecule has 0 bridgehead atoms. The van der Waals surface area contributed by atoms with Crippen molar-refractivity contribution in [2.24, 2.45) is 0 Å². The summed E-state index contributed by atoms with van der Waals surface area (Å²) < 4.78 is 42.5. The number of hydrogen-bond acceptors (Lipinski definition) is 7. The molecule has 9 nitrogen and oxygen atoms in total. The first kappa shape index (κ1) is 24.4. The summed E-state index contributed by atoms with van der Waals surface area (Å²) in [5.41, 5.74) is 0.967. The highest BCUT2D eigenvalue weighted by Gasteiger charge is 2.26. The molecule has 1 heterocycles. The van der Waals surface area contributed by atoms with Crippen molar-refractivity contribution < 1.29 is 32.2 Å². The van der Waals surface area contributed by atoms with Gasteiger partial charge in [-0.05, 0) is 37.3 Å². The van der Waals surface area contributed by atoms with Crippen LogP contribution in [0, 0.1) is 0 Å². The molecule has 33 heavy (non-hydrogen) atoms. The van der Waals surface area contributed by atoms with E-state index in [9.17, 15) is 18.0 Å². The number of para-hydroxylation sites is 1. The SMILES string of the molecule is COc1ccccc1/C=C/C(=O)OC(C)C(=O)Nc1cccc(S(=O)(=O)N2CCOCC2)c1. The van der Waals surface area contributed by atoms with Crippen LogP contribution in [0.3, 0.4) is 0 Å². The van der Waals surface area contributed by atoms with Gasteiger partial charge in [-0.1, -0.05) is 24.3 Å². The summed E-state index contributed by atoms with van der Waals surface area (Å²) >= 11 is 0. The minimum Gasteiger partial charge on any atom is -0.496 e. The zero-order valence-electron chi connectivity index (χ0n) is 18.4. The van der Waals surface area contributed by atoms with Crippen LogP contribution in [0.4, 0.5) is 5.69 Å². The lowest BCUT2D eigenvalue weighted by atomic mass is 10.2. The number of methoxy groups -OCH3 is 1. The second kappa shape index (κ2) is 11.1. The Morgan fingerprint density at radius 1 is 1.12 bits per heavy atom. The molecule has 1 aliphatic heterocycles. The van der Waals surface area contributed by atoms with Gasteiger partial charge in [0.05, 0.1) is 25.2 Å². The van der Waals surface area contributed by atoms with E-state index in [1.807, 2.05) is 6.07 Å². The average molecular weight is 475 g/mol. The fourth-order valence-corrected chi connectivity index (χ4v) is 4.60. The van der Waals surface area contributed by atoms with Crippen LogP contribution in [0.1, 0.15) is 12.5 Å². The van der Waals surface area contributed by atoms with Crippen LogP contribution in [0.5, 0.6) is 5.75 Å². The number of nitrogens with one attached hydrogen (secondary N) is 1. The van der Waals surface area contributed by atoms with Crippen LogP contribution >= 0.6 is 0 Å². The van der Waals surface area contributed by atoms with Crippen LogP contribution in [0.15, 0.2) is 59.5 Å². The van der Waals surface area contributed by atoms with E-state index in [1.165, 1.54) is 48.7 Å². The molecule has 176 valence electrons. The largest absolute Gasteiger partial charge is 0.496 e. The molecule has 2 aromatic rings. The average Bonchev–Trinajstić information content (AvgIpc) is 2.83. The molecule has 10 heteroatoms. The summed E-state index contributed by atoms with van der Waals surface area (Å²) in [7, 11) is -2.18. The molecule has 1 atom stereocenters. The fraction of sp³-hybridized carbons (Fsp3) is 0.304. The Kier molecular flexibility index (Phi) is 8.21. The molecule has 0 aromatic heterocycles. The highest BCUT2D eigenvalue weighted by molar-refractivity contribution is 7.89. The molecule has 3 rings (SSSR count). The van der Waals surface area contributed by atoms with Gasteiger partial charge in [0, 0.05) is 30.4 Å². The predicted molar refractivity (Wildman–Crippen MR) is 122 cm³/mol. The van der Waals surface area contributed by atoms with Crippen LogP contribution in [-0.4, -0.2) is 64.1 Å². The van der Waals surface area contributed by atoms with E-state index in [4.69, 9.17) is 14.2 Å². The van der Waals surface area contributed by atoms with Gasteiger partial charge in [-0.2, -0.15) is 4.31 Å². The number of rotatable bonds is 8. The van der Waals surface area contributed by atoms with Gasteiger partial charge < -0.3 is 19.5 Å². The zero-order chi connectivity index (χ0) is 23.8. The van der Waals surface area contributed by atoms with Crippen LogP contribution < -0.4 is 10.1 Å². The van der Waals surface area contributed by atoms with Crippen LogP contribution in [-0.2, 0) is 29.1 Å². The third-order valence-corrected chi connectivity index (χ3v) is 6.80. The van der Waals surface area contributed by atoms with Gasteiger partial charge in [-0.25, -0.2) is 13.2 Å². The Morgan fingerprint density at radius 3 is 2.58 bits per heavy atom. The third kappa shape index (κ3) is 6.41. The molecule has 0 saturated carbocycles. The first-order chi connectivity index (χ1) is 15.8. The van der Waals surface area contributed by atoms with E-state index >= 15 is 0 Å². The van der Waals surface area contributed by atoms with E-state index in [0.29, 0.717) is 24.5 Å². The normalized spacial score (nSPS) is 15.7. The van der Waals surface area contributed by atoms with Gasteiger partial charge in [0.25, 0.3) is 5.91 Å². The highest BCUT2D eigenvalue weighted by Crippen LogP contribution is 2.21. The van der Waals surface area contributed by atoms with Gasteiger partial charge in [0.1, 0.15) is 5.75 Å². The lowest BCUT2D eigenvalue weighted by molar-refractivity contribution is -0.148. The first-order valence-electron chi connectivity index (χ1n) is 10.3. The molecule has 0 aliphatic carbocycles. The number of ether oxygens (including phenoxy) is 3. The number of anilines is 1. The number of hydrogen-bond donors (Lipinski definition) is 1. The number of benzene rings is 2. The molecule has 1 fully saturated rings. The fourth-order valence-electron chi connectivity index (χ4n) is 3.14. The smallest absolute Gasteiger partial charge is 0.331 e. The predicted octanol–water partition coefficient (Wildman–Crippen LogP) is 2.30. The minimum absolute atomic E-state index is 0.0617. The lowest BCUT2D eigenvalue weighted by Crippen LogP contribution is -2.40. The van der Waals surface area contributed by atoms with Gasteiger partial charge in [-0.15, -0.1) is 0 Å². The standard InChI is InChI=1S/C23H26N2O7S/c1-17(32-22(26)11-10-18-6-3-4-9-21(18)30-2)23(27)24-19-7-5-8-20(16-19)33(28,29)25-12-14-31-15-13-25/h3-11,16-17H,12-15H2,1-2H3,(H,24,27)/b11-10+. The molecule has 0 spiro atoms. The van der Waals surface area contributed by atoms with Crippen molar-refractivity contribution >= 4 is 33.7 Å². The lowest BCUT2D eigenvalue weighted by Gasteiger charge is -2.26. The molecule has 1 unspecified atom stereocenters. The van der Waals surface area contributed by atoms with Gasteiger partial charge >= 0.3 is 5.97 Å². The van der Waals surface area contributed by atoms with Gasteiger partial charge in [0.2, 0.25) is 10.0 Å². The van der Waals surface area contributed by atoms with E-state index < -0.39 is 28.0 Å². The second-order valence-corrected chi connectivity index (χ2v) is 9.13. The van der Waals surface area contributed by atoms with Gasteiger partial charge in [0.15, 0.2) is 6.10 Å². The molecule has 0 radical (unpaired) electrons. The molecule has 2 aromatic carbocycles. The van der Waals surface area contributed by atoms with Crippen molar-refractivity contribution in [3.63, 3.8) is 0 Å². The summed E-state index contributed by atoms with van der Waals surface area (Å²) in [6.07, 6.45) is 1.64. The molecule has 1 amide bonds. The van der Waals surface area contributed by atoms with Crippen molar-refractivity contribution in [2.75, 3.05) is 38.7 Å².